The molecule has 0 amide bonds. The van der Waals surface area contributed by atoms with Gasteiger partial charge in [0.25, 0.3) is 5.88 Å². The number of nitrogens with zero attached hydrogens (tertiary/aromatic N) is 5. The summed E-state index contributed by atoms with van der Waals surface area (Å²) in [6.45, 7) is 9.97. The van der Waals surface area contributed by atoms with Crippen molar-refractivity contribution in [2.45, 2.75) is 20.3 Å². The number of nitrogens with one attached hydrogen (secondary N) is 2. The molecule has 0 unspecified atom stereocenters. The van der Waals surface area contributed by atoms with E-state index >= 15 is 0 Å². The van der Waals surface area contributed by atoms with Crippen LogP contribution in [0.15, 0.2) is 35.5 Å². The lowest BCUT2D eigenvalue weighted by atomic mass is 9.95. The van der Waals surface area contributed by atoms with Crippen LogP contribution in [-0.2, 0) is 4.74 Å². The van der Waals surface area contributed by atoms with Crippen LogP contribution >= 0.6 is 0 Å². The number of pyridine rings is 1. The lowest BCUT2D eigenvalue weighted by Gasteiger charge is -2.32. The van der Waals surface area contributed by atoms with E-state index in [1.165, 1.54) is 0 Å². The molecule has 2 aliphatic rings. The zero-order chi connectivity index (χ0) is 25.9. The number of aliphatic imine (C=N–C) groups is 1. The molecule has 10 nitrogen and oxygen atoms in total. The molecule has 0 atom stereocenters. The molecule has 3 N–H and O–H groups in total. The van der Waals surface area contributed by atoms with Crippen LogP contribution in [0.3, 0.4) is 0 Å². The van der Waals surface area contributed by atoms with Crippen molar-refractivity contribution in [2.24, 2.45) is 4.99 Å². The summed E-state index contributed by atoms with van der Waals surface area (Å²) in [5, 5.41) is 22.7. The van der Waals surface area contributed by atoms with E-state index in [-0.39, 0.29) is 13.2 Å². The summed E-state index contributed by atoms with van der Waals surface area (Å²) in [5.41, 5.74) is 5.74. The van der Waals surface area contributed by atoms with Gasteiger partial charge < -0.3 is 29.4 Å². The Kier molecular flexibility index (Phi) is 7.40. The Balaban J connectivity index is 1.43. The molecule has 3 aromatic rings. The maximum absolute atomic E-state index is 9.27. The van der Waals surface area contributed by atoms with Crippen LogP contribution in [0.5, 0.6) is 5.88 Å². The lowest BCUT2D eigenvalue weighted by molar-refractivity contribution is 0.142. The molecule has 0 aromatic carbocycles. The van der Waals surface area contributed by atoms with Crippen molar-refractivity contribution in [3.05, 3.63) is 53.0 Å². The minimum atomic E-state index is -0.128. The molecular weight excluding hydrogens is 470 g/mol. The van der Waals surface area contributed by atoms with Crippen molar-refractivity contribution in [3.63, 3.8) is 0 Å². The van der Waals surface area contributed by atoms with Gasteiger partial charge in [-0.2, -0.15) is 0 Å². The Morgan fingerprint density at radius 2 is 1.95 bits per heavy atom. The number of fused-ring (bicyclic) bond motifs is 2. The summed E-state index contributed by atoms with van der Waals surface area (Å²) in [6.07, 6.45) is 4.57. The van der Waals surface area contributed by atoms with E-state index in [9.17, 15) is 5.11 Å². The van der Waals surface area contributed by atoms with Crippen LogP contribution in [0.4, 0.5) is 5.69 Å². The molecule has 5 rings (SSSR count). The van der Waals surface area contributed by atoms with Crippen LogP contribution in [0, 0.1) is 19.3 Å². The maximum atomic E-state index is 9.27. The van der Waals surface area contributed by atoms with Gasteiger partial charge >= 0.3 is 0 Å². The molecule has 1 aliphatic carbocycles. The van der Waals surface area contributed by atoms with Crippen molar-refractivity contribution in [3.8, 4) is 5.88 Å². The number of piperazine rings is 1. The van der Waals surface area contributed by atoms with Gasteiger partial charge in [0.15, 0.2) is 5.69 Å². The third-order valence-corrected chi connectivity index (χ3v) is 7.04. The minimum absolute atomic E-state index is 0.108. The minimum Gasteiger partial charge on any atom is -0.491 e. The summed E-state index contributed by atoms with van der Waals surface area (Å²) in [7, 11) is 2.17. The number of aryl methyl sites for hydroxylation is 1. The molecule has 1 saturated heterocycles. The second-order valence-corrected chi connectivity index (χ2v) is 9.61. The first-order valence-corrected chi connectivity index (χ1v) is 12.8. The van der Waals surface area contributed by atoms with Crippen LogP contribution in [-0.4, -0.2) is 101 Å². The fourth-order valence-electron chi connectivity index (χ4n) is 4.79. The number of rotatable bonds is 9. The van der Waals surface area contributed by atoms with Crippen molar-refractivity contribution in [1.82, 2.24) is 24.4 Å². The molecule has 0 bridgehead atoms. The zero-order valence-electron chi connectivity index (χ0n) is 21.8. The number of likely N-dealkylation sites (N-methyl/N-ethyl adjacent to an activating group) is 1. The van der Waals surface area contributed by atoms with E-state index in [0.29, 0.717) is 35.4 Å². The van der Waals surface area contributed by atoms with E-state index in [0.717, 1.165) is 67.2 Å². The molecule has 196 valence electrons. The number of aromatic nitrogens is 3. The van der Waals surface area contributed by atoms with Crippen LogP contribution in [0.25, 0.3) is 11.3 Å². The Bertz CT molecular complexity index is 1350. The number of H-pyrrole nitrogens is 1. The number of aliphatic hydroxyl groups is 1. The second-order valence-electron chi connectivity index (χ2n) is 9.61. The summed E-state index contributed by atoms with van der Waals surface area (Å²) in [5.74, 6) is 1.00. The second kappa shape index (κ2) is 10.9. The van der Waals surface area contributed by atoms with Crippen molar-refractivity contribution in [1.29, 1.82) is 5.41 Å². The molecule has 3 aromatic heterocycles. The number of ether oxygens (including phenoxy) is 2. The first-order chi connectivity index (χ1) is 18.0. The van der Waals surface area contributed by atoms with Gasteiger partial charge in [-0.25, -0.2) is 9.51 Å². The highest BCUT2D eigenvalue weighted by Gasteiger charge is 2.28. The highest BCUT2D eigenvalue weighted by atomic mass is 16.5. The smallest absolute Gasteiger partial charge is 0.260 e. The quantitative estimate of drug-likeness (QED) is 0.386. The van der Waals surface area contributed by atoms with Gasteiger partial charge in [0.05, 0.1) is 35.8 Å². The van der Waals surface area contributed by atoms with E-state index in [1.54, 1.807) is 4.52 Å². The van der Waals surface area contributed by atoms with Gasteiger partial charge in [-0.15, -0.1) is 5.10 Å². The molecule has 1 aliphatic heterocycles. The third-order valence-electron chi connectivity index (χ3n) is 7.04. The van der Waals surface area contributed by atoms with Crippen molar-refractivity contribution >= 4 is 28.4 Å². The fraction of sp³-hybridized carbons (Fsp3) is 0.444. The monoisotopic (exact) mass is 505 g/mol. The SMILES string of the molecule is Cc1[nH]c2c(c1C)C(=N)/C(=N\c1c(OCCO)nn3ccccc13)C=C2OCCCN1CCN(C)CC1. The van der Waals surface area contributed by atoms with E-state index in [1.807, 2.05) is 44.3 Å². The molecule has 37 heavy (non-hydrogen) atoms. The third kappa shape index (κ3) is 5.18. The Morgan fingerprint density at radius 1 is 1.14 bits per heavy atom. The first kappa shape index (κ1) is 25.2. The Morgan fingerprint density at radius 3 is 2.73 bits per heavy atom. The topological polar surface area (TPSA) is 114 Å². The number of aliphatic hydroxyl groups excluding tert-OH is 1. The number of allylic oxidation sites excluding steroid dienone is 1. The number of aromatic amines is 1. The fourth-order valence-corrected chi connectivity index (χ4v) is 4.79. The predicted molar refractivity (Wildman–Crippen MR) is 144 cm³/mol. The molecule has 0 saturated carbocycles. The van der Waals surface area contributed by atoms with Gasteiger partial charge in [0.2, 0.25) is 0 Å². The van der Waals surface area contributed by atoms with Gasteiger partial charge in [-0.1, -0.05) is 6.07 Å². The summed E-state index contributed by atoms with van der Waals surface area (Å²) < 4.78 is 13.7. The largest absolute Gasteiger partial charge is 0.491 e. The first-order valence-electron chi connectivity index (χ1n) is 12.8. The van der Waals surface area contributed by atoms with Crippen LogP contribution in [0.1, 0.15) is 28.9 Å². The molecule has 4 heterocycles. The molecule has 10 heteroatoms. The number of hydrogen-bond donors (Lipinski definition) is 3. The summed E-state index contributed by atoms with van der Waals surface area (Å²) in [6, 6.07) is 5.69. The Labute approximate surface area is 216 Å². The predicted octanol–water partition coefficient (Wildman–Crippen LogP) is 2.80. The summed E-state index contributed by atoms with van der Waals surface area (Å²) >= 11 is 0. The molecule has 1 fully saturated rings. The Hall–Kier alpha value is -3.47. The number of hydrogen-bond acceptors (Lipinski definition) is 8. The highest BCUT2D eigenvalue weighted by molar-refractivity contribution is 6.54. The average Bonchev–Trinajstić information content (AvgIpc) is 3.40. The van der Waals surface area contributed by atoms with Gasteiger partial charge in [0, 0.05) is 56.3 Å². The lowest BCUT2D eigenvalue weighted by Crippen LogP contribution is -2.44. The van der Waals surface area contributed by atoms with E-state index in [4.69, 9.17) is 19.9 Å². The van der Waals surface area contributed by atoms with Gasteiger partial charge in [0.1, 0.15) is 12.4 Å². The normalized spacial score (nSPS) is 17.9. The average molecular weight is 506 g/mol. The van der Waals surface area contributed by atoms with E-state index < -0.39 is 0 Å². The van der Waals surface area contributed by atoms with Gasteiger partial charge in [-0.05, 0) is 45.0 Å². The zero-order valence-corrected chi connectivity index (χ0v) is 21.8. The summed E-state index contributed by atoms with van der Waals surface area (Å²) in [4.78, 5) is 13.1. The van der Waals surface area contributed by atoms with Crippen LogP contribution in [0.2, 0.25) is 0 Å². The van der Waals surface area contributed by atoms with Crippen molar-refractivity contribution in [2.75, 3.05) is 59.6 Å². The van der Waals surface area contributed by atoms with E-state index in [2.05, 4.69) is 26.9 Å². The van der Waals surface area contributed by atoms with Gasteiger partial charge in [-0.3, -0.25) is 5.41 Å². The molecular formula is C27H35N7O3. The van der Waals surface area contributed by atoms with Crippen LogP contribution < -0.4 is 4.74 Å². The standard InChI is InChI=1S/C27H35N7O3/c1-18-19(2)29-26-22(36-15-6-8-33-12-10-32(3)11-13-33)17-20(24(28)23(18)26)30-25-21-7-4-5-9-34(21)31-27(25)37-16-14-35/h4-5,7,9,17,28-29,35H,6,8,10-16H2,1-3H3/b28-24?,30-20-. The van der Waals surface area contributed by atoms with Crippen molar-refractivity contribution < 1.29 is 14.6 Å². The maximum Gasteiger partial charge on any atom is 0.260 e. The highest BCUT2D eigenvalue weighted by Crippen LogP contribution is 2.35. The molecule has 0 spiro atoms. The molecule has 0 radical (unpaired) electrons.